The average molecular weight is 480 g/mol. The molecule has 3 heterocycles. The Balaban J connectivity index is 1.49. The number of rotatable bonds is 5. The number of ether oxygens (including phenoxy) is 7. The maximum atomic E-state index is 13.0. The van der Waals surface area contributed by atoms with Crippen molar-refractivity contribution in [3.05, 3.63) is 53.6 Å². The Labute approximate surface area is 201 Å². The molecule has 3 aromatic rings. The Kier molecular flexibility index (Phi) is 5.49. The van der Waals surface area contributed by atoms with E-state index in [1.807, 2.05) is 42.5 Å². The summed E-state index contributed by atoms with van der Waals surface area (Å²) < 4.78 is 39.4. The molecule has 35 heavy (non-hydrogen) atoms. The van der Waals surface area contributed by atoms with Crippen molar-refractivity contribution in [2.45, 2.75) is 31.2 Å². The average Bonchev–Trinajstić information content (AvgIpc) is 3.51. The van der Waals surface area contributed by atoms with E-state index >= 15 is 0 Å². The lowest BCUT2D eigenvalue weighted by Crippen LogP contribution is -2.56. The van der Waals surface area contributed by atoms with E-state index in [2.05, 4.69) is 0 Å². The second kappa shape index (κ2) is 8.69. The van der Waals surface area contributed by atoms with E-state index < -0.39 is 30.6 Å². The zero-order valence-electron chi connectivity index (χ0n) is 19.2. The van der Waals surface area contributed by atoms with Crippen LogP contribution in [-0.4, -0.2) is 63.3 Å². The number of hydrogen-bond donors (Lipinski definition) is 1. The van der Waals surface area contributed by atoms with Gasteiger partial charge in [-0.25, -0.2) is 4.79 Å². The normalized spacial score (nSPS) is 24.9. The summed E-state index contributed by atoms with van der Waals surface area (Å²) >= 11 is 0. The van der Waals surface area contributed by atoms with Gasteiger partial charge in [0.1, 0.15) is 30.7 Å². The van der Waals surface area contributed by atoms with Crippen molar-refractivity contribution < 1.29 is 43.1 Å². The minimum atomic E-state index is -1.11. The van der Waals surface area contributed by atoms with Crippen LogP contribution in [0.2, 0.25) is 0 Å². The predicted molar refractivity (Wildman–Crippen MR) is 123 cm³/mol. The van der Waals surface area contributed by atoms with Gasteiger partial charge in [0.25, 0.3) is 0 Å². The lowest BCUT2D eigenvalue weighted by Gasteiger charge is -2.38. The number of benzene rings is 3. The van der Waals surface area contributed by atoms with Crippen molar-refractivity contribution in [3.63, 3.8) is 0 Å². The molecule has 1 fully saturated rings. The molecule has 0 bridgehead atoms. The Bertz CT molecular complexity index is 1300. The summed E-state index contributed by atoms with van der Waals surface area (Å²) in [6.07, 6.45) is -3.20. The summed E-state index contributed by atoms with van der Waals surface area (Å²) in [5.41, 5.74) is 2.53. The fraction of sp³-hybridized carbons (Fsp3) is 0.346. The van der Waals surface area contributed by atoms with Crippen molar-refractivity contribution in [3.8, 4) is 28.4 Å². The van der Waals surface area contributed by atoms with Crippen molar-refractivity contribution in [1.29, 1.82) is 0 Å². The fourth-order valence-electron chi connectivity index (χ4n) is 4.99. The molecule has 0 saturated carbocycles. The number of esters is 1. The van der Waals surface area contributed by atoms with Gasteiger partial charge >= 0.3 is 5.97 Å². The standard InChI is InChI=1S/C26H24O9/c1-29-19-11-32-26(22(27)24(19)30-2)35-23-15-6-4-3-5-14(15)20(21-16(23)10-31-25(21)28)13-7-8-17-18(9-13)34-12-33-17/h3-9,19,22,24,26-27H,10-12H2,1-2H3/t19-,22+,24-,26-/m0/s1. The molecule has 0 unspecified atom stereocenters. The molecule has 3 aromatic carbocycles. The molecule has 0 radical (unpaired) electrons. The van der Waals surface area contributed by atoms with Crippen LogP contribution in [0.1, 0.15) is 15.9 Å². The molecule has 3 aliphatic heterocycles. The van der Waals surface area contributed by atoms with Gasteiger partial charge in [0.05, 0.1) is 12.2 Å². The first-order valence-electron chi connectivity index (χ1n) is 11.3. The van der Waals surface area contributed by atoms with Crippen LogP contribution in [0.25, 0.3) is 21.9 Å². The zero-order valence-corrected chi connectivity index (χ0v) is 19.2. The third-order valence-corrected chi connectivity index (χ3v) is 6.70. The third-order valence-electron chi connectivity index (χ3n) is 6.70. The van der Waals surface area contributed by atoms with Gasteiger partial charge in [-0.2, -0.15) is 0 Å². The summed E-state index contributed by atoms with van der Waals surface area (Å²) in [4.78, 5) is 13.0. The Morgan fingerprint density at radius 3 is 2.54 bits per heavy atom. The summed E-state index contributed by atoms with van der Waals surface area (Å²) in [7, 11) is 3.04. The monoisotopic (exact) mass is 480 g/mol. The lowest BCUT2D eigenvalue weighted by molar-refractivity contribution is -0.252. The first-order valence-corrected chi connectivity index (χ1v) is 11.3. The molecule has 0 aromatic heterocycles. The minimum Gasteiger partial charge on any atom is -0.461 e. The number of cyclic esters (lactones) is 1. The molecule has 4 atom stereocenters. The van der Waals surface area contributed by atoms with E-state index in [0.29, 0.717) is 28.4 Å². The molecule has 3 aliphatic rings. The highest BCUT2D eigenvalue weighted by atomic mass is 16.7. The molecule has 9 nitrogen and oxygen atoms in total. The SMILES string of the molecule is CO[C@@H]1[C@@H](O)[C@H](Oc2c3c(c(-c4ccc5c(c4)OCO5)c4ccccc24)C(=O)OC3)OC[C@@H]1OC. The van der Waals surface area contributed by atoms with Crippen LogP contribution in [0.4, 0.5) is 0 Å². The first-order chi connectivity index (χ1) is 17.1. The van der Waals surface area contributed by atoms with Crippen LogP contribution in [-0.2, 0) is 25.6 Å². The Hall–Kier alpha value is -3.37. The van der Waals surface area contributed by atoms with Gasteiger partial charge in [0.15, 0.2) is 11.5 Å². The number of carbonyl (C=O) groups is 1. The Morgan fingerprint density at radius 2 is 1.74 bits per heavy atom. The molecule has 0 spiro atoms. The first kappa shape index (κ1) is 22.1. The van der Waals surface area contributed by atoms with E-state index in [4.69, 9.17) is 33.2 Å². The molecule has 6 rings (SSSR count). The highest BCUT2D eigenvalue weighted by Gasteiger charge is 2.43. The summed E-state index contributed by atoms with van der Waals surface area (Å²) in [6.45, 7) is 0.382. The number of aliphatic hydroxyl groups is 1. The smallest absolute Gasteiger partial charge is 0.339 e. The van der Waals surface area contributed by atoms with Crippen LogP contribution in [0.3, 0.4) is 0 Å². The van der Waals surface area contributed by atoms with E-state index in [9.17, 15) is 9.90 Å². The Morgan fingerprint density at radius 1 is 0.943 bits per heavy atom. The van der Waals surface area contributed by atoms with Crippen molar-refractivity contribution in [2.75, 3.05) is 27.6 Å². The molecular weight excluding hydrogens is 456 g/mol. The van der Waals surface area contributed by atoms with E-state index in [1.165, 1.54) is 14.2 Å². The molecule has 182 valence electrons. The number of methoxy groups -OCH3 is 2. The van der Waals surface area contributed by atoms with Crippen LogP contribution in [0.15, 0.2) is 42.5 Å². The van der Waals surface area contributed by atoms with Gasteiger partial charge in [-0.1, -0.05) is 30.3 Å². The topological polar surface area (TPSA) is 102 Å². The minimum absolute atomic E-state index is 0.0447. The van der Waals surface area contributed by atoms with Crippen LogP contribution in [0.5, 0.6) is 17.2 Å². The van der Waals surface area contributed by atoms with Crippen molar-refractivity contribution in [1.82, 2.24) is 0 Å². The summed E-state index contributed by atoms with van der Waals surface area (Å²) in [5, 5.41) is 12.5. The number of hydrogen-bond acceptors (Lipinski definition) is 9. The predicted octanol–water partition coefficient (Wildman–Crippen LogP) is 3.03. The quantitative estimate of drug-likeness (QED) is 0.552. The van der Waals surface area contributed by atoms with E-state index in [1.54, 1.807) is 0 Å². The van der Waals surface area contributed by atoms with Gasteiger partial charge in [0, 0.05) is 30.7 Å². The van der Waals surface area contributed by atoms with Gasteiger partial charge in [-0.15, -0.1) is 0 Å². The molecule has 0 aliphatic carbocycles. The van der Waals surface area contributed by atoms with E-state index in [-0.39, 0.29) is 20.0 Å². The molecule has 1 N–H and O–H groups in total. The molecule has 0 amide bonds. The molecular formula is C26H24O9. The van der Waals surface area contributed by atoms with Crippen molar-refractivity contribution >= 4 is 16.7 Å². The maximum Gasteiger partial charge on any atom is 0.339 e. The van der Waals surface area contributed by atoms with Gasteiger partial charge < -0.3 is 38.3 Å². The highest BCUT2D eigenvalue weighted by molar-refractivity contribution is 6.13. The lowest BCUT2D eigenvalue weighted by atomic mass is 9.89. The molecule has 1 saturated heterocycles. The van der Waals surface area contributed by atoms with Crippen molar-refractivity contribution in [2.24, 2.45) is 0 Å². The number of aliphatic hydroxyl groups excluding tert-OH is 1. The zero-order chi connectivity index (χ0) is 24.1. The largest absolute Gasteiger partial charge is 0.461 e. The number of carbonyl (C=O) groups excluding carboxylic acids is 1. The van der Waals surface area contributed by atoms with Crippen LogP contribution >= 0.6 is 0 Å². The second-order valence-electron chi connectivity index (χ2n) is 8.53. The van der Waals surface area contributed by atoms with Crippen LogP contribution in [0, 0.1) is 0 Å². The summed E-state index contributed by atoms with van der Waals surface area (Å²) in [6, 6.07) is 13.2. The van der Waals surface area contributed by atoms with Gasteiger partial charge in [-0.05, 0) is 23.1 Å². The highest BCUT2D eigenvalue weighted by Crippen LogP contribution is 2.47. The molecule has 9 heteroatoms. The van der Waals surface area contributed by atoms with Gasteiger partial charge in [0.2, 0.25) is 13.1 Å². The fourth-order valence-corrected chi connectivity index (χ4v) is 4.99. The second-order valence-corrected chi connectivity index (χ2v) is 8.53. The van der Waals surface area contributed by atoms with E-state index in [0.717, 1.165) is 21.9 Å². The van der Waals surface area contributed by atoms with Crippen LogP contribution < -0.4 is 14.2 Å². The summed E-state index contributed by atoms with van der Waals surface area (Å²) in [5.74, 6) is 1.26. The maximum absolute atomic E-state index is 13.0. The van der Waals surface area contributed by atoms with Gasteiger partial charge in [-0.3, -0.25) is 0 Å². The number of fused-ring (bicyclic) bond motifs is 3. The third kappa shape index (κ3) is 3.51.